The first-order valence-corrected chi connectivity index (χ1v) is 8.28. The molecule has 1 N–H and O–H groups in total. The minimum absolute atomic E-state index is 0.188. The quantitative estimate of drug-likeness (QED) is 0.748. The predicted octanol–water partition coefficient (Wildman–Crippen LogP) is 3.27. The molecule has 0 bridgehead atoms. The van der Waals surface area contributed by atoms with Gasteiger partial charge in [-0.25, -0.2) is 0 Å². The number of carbonyl (C=O) groups excluding carboxylic acids is 1. The molecule has 2 aromatic carbocycles. The predicted molar refractivity (Wildman–Crippen MR) is 97.5 cm³/mol. The molecule has 0 fully saturated rings. The SMILES string of the molecule is COc1cccc(OC(C)C(=O)NCCOc2ccc(C)c(C)c2)c1. The highest BCUT2D eigenvalue weighted by molar-refractivity contribution is 5.80. The molecule has 2 rings (SSSR count). The molecule has 0 spiro atoms. The van der Waals surface area contributed by atoms with Crippen molar-refractivity contribution in [2.45, 2.75) is 26.9 Å². The maximum atomic E-state index is 12.1. The van der Waals surface area contributed by atoms with Gasteiger partial charge in [0, 0.05) is 6.07 Å². The van der Waals surface area contributed by atoms with E-state index in [0.29, 0.717) is 24.7 Å². The molecule has 0 aliphatic carbocycles. The second-order valence-electron chi connectivity index (χ2n) is 5.82. The lowest BCUT2D eigenvalue weighted by Gasteiger charge is -2.15. The third kappa shape index (κ3) is 5.71. The summed E-state index contributed by atoms with van der Waals surface area (Å²) in [4.78, 5) is 12.1. The maximum Gasteiger partial charge on any atom is 0.260 e. The zero-order chi connectivity index (χ0) is 18.2. The molecule has 0 aliphatic heterocycles. The van der Waals surface area contributed by atoms with Gasteiger partial charge in [-0.15, -0.1) is 0 Å². The van der Waals surface area contributed by atoms with Gasteiger partial charge in [-0.05, 0) is 56.2 Å². The van der Waals surface area contributed by atoms with Crippen LogP contribution in [0.2, 0.25) is 0 Å². The van der Waals surface area contributed by atoms with Gasteiger partial charge in [0.05, 0.1) is 13.7 Å². The van der Waals surface area contributed by atoms with Crippen molar-refractivity contribution >= 4 is 5.91 Å². The van der Waals surface area contributed by atoms with E-state index in [1.54, 1.807) is 26.2 Å². The lowest BCUT2D eigenvalue weighted by Crippen LogP contribution is -2.38. The summed E-state index contributed by atoms with van der Waals surface area (Å²) in [5, 5.41) is 2.81. The molecule has 0 saturated heterocycles. The third-order valence-electron chi connectivity index (χ3n) is 3.87. The molecule has 5 heteroatoms. The van der Waals surface area contributed by atoms with Crippen LogP contribution >= 0.6 is 0 Å². The Labute approximate surface area is 148 Å². The smallest absolute Gasteiger partial charge is 0.260 e. The minimum Gasteiger partial charge on any atom is -0.497 e. The largest absolute Gasteiger partial charge is 0.497 e. The number of benzene rings is 2. The Morgan fingerprint density at radius 2 is 1.80 bits per heavy atom. The average Bonchev–Trinajstić information content (AvgIpc) is 2.61. The summed E-state index contributed by atoms with van der Waals surface area (Å²) in [5.41, 5.74) is 2.41. The molecular weight excluding hydrogens is 318 g/mol. The van der Waals surface area contributed by atoms with Crippen LogP contribution < -0.4 is 19.5 Å². The van der Waals surface area contributed by atoms with Crippen molar-refractivity contribution in [3.05, 3.63) is 53.6 Å². The number of hydrogen-bond donors (Lipinski definition) is 1. The number of aryl methyl sites for hydroxylation is 2. The number of hydrogen-bond acceptors (Lipinski definition) is 4. The summed E-state index contributed by atoms with van der Waals surface area (Å²) in [7, 11) is 1.59. The van der Waals surface area contributed by atoms with E-state index in [9.17, 15) is 4.79 Å². The van der Waals surface area contributed by atoms with Gasteiger partial charge in [-0.1, -0.05) is 12.1 Å². The summed E-state index contributed by atoms with van der Waals surface area (Å²) in [6.45, 7) is 6.63. The van der Waals surface area contributed by atoms with Gasteiger partial charge < -0.3 is 19.5 Å². The number of ether oxygens (including phenoxy) is 3. The molecule has 134 valence electrons. The van der Waals surface area contributed by atoms with E-state index in [1.165, 1.54) is 11.1 Å². The van der Waals surface area contributed by atoms with E-state index in [4.69, 9.17) is 14.2 Å². The fourth-order valence-electron chi connectivity index (χ4n) is 2.22. The van der Waals surface area contributed by atoms with Gasteiger partial charge in [0.15, 0.2) is 6.10 Å². The highest BCUT2D eigenvalue weighted by Gasteiger charge is 2.14. The van der Waals surface area contributed by atoms with E-state index in [1.807, 2.05) is 37.3 Å². The van der Waals surface area contributed by atoms with E-state index >= 15 is 0 Å². The van der Waals surface area contributed by atoms with Crippen LogP contribution in [0.4, 0.5) is 0 Å². The number of carbonyl (C=O) groups is 1. The van der Waals surface area contributed by atoms with Crippen molar-refractivity contribution in [1.29, 1.82) is 0 Å². The molecular formula is C20H25NO4. The van der Waals surface area contributed by atoms with Gasteiger partial charge >= 0.3 is 0 Å². The van der Waals surface area contributed by atoms with Gasteiger partial charge in [-0.3, -0.25) is 4.79 Å². The lowest BCUT2D eigenvalue weighted by molar-refractivity contribution is -0.127. The average molecular weight is 343 g/mol. The van der Waals surface area contributed by atoms with Gasteiger partial charge in [0.25, 0.3) is 5.91 Å². The van der Waals surface area contributed by atoms with Crippen molar-refractivity contribution in [1.82, 2.24) is 5.32 Å². The van der Waals surface area contributed by atoms with Crippen molar-refractivity contribution in [3.8, 4) is 17.2 Å². The molecule has 1 atom stereocenters. The summed E-state index contributed by atoms with van der Waals surface area (Å²) in [5.74, 6) is 1.89. The van der Waals surface area contributed by atoms with E-state index in [2.05, 4.69) is 12.2 Å². The summed E-state index contributed by atoms with van der Waals surface area (Å²) in [6, 6.07) is 13.1. The molecule has 0 saturated carbocycles. The molecule has 0 radical (unpaired) electrons. The lowest BCUT2D eigenvalue weighted by atomic mass is 10.1. The van der Waals surface area contributed by atoms with Crippen LogP contribution in [0.25, 0.3) is 0 Å². The summed E-state index contributed by atoms with van der Waals surface area (Å²) < 4.78 is 16.4. The Kier molecular flexibility index (Phi) is 6.69. The van der Waals surface area contributed by atoms with Crippen LogP contribution in [0, 0.1) is 13.8 Å². The van der Waals surface area contributed by atoms with E-state index < -0.39 is 6.10 Å². The first-order valence-electron chi connectivity index (χ1n) is 8.28. The fourth-order valence-corrected chi connectivity index (χ4v) is 2.22. The van der Waals surface area contributed by atoms with Crippen LogP contribution in [0.5, 0.6) is 17.2 Å². The fraction of sp³-hybridized carbons (Fsp3) is 0.350. The number of nitrogens with one attached hydrogen (secondary N) is 1. The zero-order valence-electron chi connectivity index (χ0n) is 15.2. The Morgan fingerprint density at radius 1 is 1.04 bits per heavy atom. The van der Waals surface area contributed by atoms with E-state index in [0.717, 1.165) is 5.75 Å². The molecule has 25 heavy (non-hydrogen) atoms. The molecule has 1 amide bonds. The van der Waals surface area contributed by atoms with Gasteiger partial charge in [0.1, 0.15) is 23.9 Å². The number of amides is 1. The van der Waals surface area contributed by atoms with Crippen LogP contribution in [-0.2, 0) is 4.79 Å². The minimum atomic E-state index is -0.603. The second kappa shape index (κ2) is 8.97. The molecule has 5 nitrogen and oxygen atoms in total. The van der Waals surface area contributed by atoms with Gasteiger partial charge in [0.2, 0.25) is 0 Å². The first kappa shape index (κ1) is 18.6. The Balaban J connectivity index is 1.74. The van der Waals surface area contributed by atoms with Crippen LogP contribution in [0.1, 0.15) is 18.1 Å². The molecule has 0 heterocycles. The van der Waals surface area contributed by atoms with Gasteiger partial charge in [-0.2, -0.15) is 0 Å². The second-order valence-corrected chi connectivity index (χ2v) is 5.82. The Hall–Kier alpha value is -2.69. The number of methoxy groups -OCH3 is 1. The molecule has 0 aromatic heterocycles. The van der Waals surface area contributed by atoms with Crippen LogP contribution in [-0.4, -0.2) is 32.3 Å². The van der Waals surface area contributed by atoms with Crippen molar-refractivity contribution in [2.24, 2.45) is 0 Å². The molecule has 2 aromatic rings. The topological polar surface area (TPSA) is 56.8 Å². The highest BCUT2D eigenvalue weighted by atomic mass is 16.5. The van der Waals surface area contributed by atoms with Crippen LogP contribution in [0.15, 0.2) is 42.5 Å². The monoisotopic (exact) mass is 343 g/mol. The normalized spacial score (nSPS) is 11.5. The molecule has 1 unspecified atom stereocenters. The van der Waals surface area contributed by atoms with Crippen molar-refractivity contribution in [2.75, 3.05) is 20.3 Å². The molecule has 0 aliphatic rings. The highest BCUT2D eigenvalue weighted by Crippen LogP contribution is 2.20. The van der Waals surface area contributed by atoms with Crippen LogP contribution in [0.3, 0.4) is 0 Å². The number of rotatable bonds is 8. The van der Waals surface area contributed by atoms with Crippen molar-refractivity contribution in [3.63, 3.8) is 0 Å². The third-order valence-corrected chi connectivity index (χ3v) is 3.87. The van der Waals surface area contributed by atoms with Crippen molar-refractivity contribution < 1.29 is 19.0 Å². The Morgan fingerprint density at radius 3 is 2.52 bits per heavy atom. The summed E-state index contributed by atoms with van der Waals surface area (Å²) in [6.07, 6.45) is -0.603. The Bertz CT molecular complexity index is 715. The first-order chi connectivity index (χ1) is 12.0. The van der Waals surface area contributed by atoms with E-state index in [-0.39, 0.29) is 5.91 Å². The summed E-state index contributed by atoms with van der Waals surface area (Å²) >= 11 is 0. The standard InChI is InChI=1S/C20H25NO4/c1-14-8-9-18(12-15(14)2)24-11-10-21-20(22)16(3)25-19-7-5-6-17(13-19)23-4/h5-9,12-13,16H,10-11H2,1-4H3,(H,21,22). The maximum absolute atomic E-state index is 12.1. The zero-order valence-corrected chi connectivity index (χ0v) is 15.2.